The Bertz CT molecular complexity index is 358. The van der Waals surface area contributed by atoms with Crippen molar-refractivity contribution in [2.45, 2.75) is 45.6 Å². The van der Waals surface area contributed by atoms with Gasteiger partial charge < -0.3 is 5.11 Å². The Labute approximate surface area is 105 Å². The molecule has 92 valence electrons. The summed E-state index contributed by atoms with van der Waals surface area (Å²) in [5, 5.41) is 10.0. The van der Waals surface area contributed by atoms with Crippen LogP contribution < -0.4 is 0 Å². The minimum Gasteiger partial charge on any atom is -0.380 e. The van der Waals surface area contributed by atoms with Crippen LogP contribution in [0.2, 0.25) is 0 Å². The monoisotopic (exact) mass is 230 g/mol. The molecule has 1 heteroatoms. The smallest absolute Gasteiger partial charge is 0.117 e. The van der Waals surface area contributed by atoms with Crippen LogP contribution in [0.15, 0.2) is 30.3 Å². The maximum atomic E-state index is 10.0. The molecule has 0 aliphatic carbocycles. The second-order valence-electron chi connectivity index (χ2n) is 4.39. The van der Waals surface area contributed by atoms with E-state index in [-0.39, 0.29) is 0 Å². The normalized spacial score (nSPS) is 13.6. The first-order chi connectivity index (χ1) is 8.27. The summed E-state index contributed by atoms with van der Waals surface area (Å²) in [4.78, 5) is 0. The van der Waals surface area contributed by atoms with E-state index in [2.05, 4.69) is 25.7 Å². The summed E-state index contributed by atoms with van der Waals surface area (Å²) < 4.78 is 0. The molecule has 0 aromatic heterocycles. The van der Waals surface area contributed by atoms with Gasteiger partial charge in [0.25, 0.3) is 0 Å². The highest BCUT2D eigenvalue weighted by molar-refractivity contribution is 5.34. The van der Waals surface area contributed by atoms with E-state index in [4.69, 9.17) is 0 Å². The van der Waals surface area contributed by atoms with Gasteiger partial charge in [-0.1, -0.05) is 56.7 Å². The van der Waals surface area contributed by atoms with Crippen molar-refractivity contribution in [1.82, 2.24) is 0 Å². The number of unbranched alkanes of at least 4 members (excludes halogenated alkanes) is 1. The molecule has 2 atom stereocenters. The second kappa shape index (κ2) is 7.92. The van der Waals surface area contributed by atoms with Gasteiger partial charge in [-0.05, 0) is 30.9 Å². The fourth-order valence-corrected chi connectivity index (χ4v) is 1.85. The number of rotatable bonds is 5. The first-order valence-corrected chi connectivity index (χ1v) is 6.52. The minimum atomic E-state index is -0.494. The van der Waals surface area contributed by atoms with Crippen LogP contribution in [0.3, 0.4) is 0 Å². The Morgan fingerprint density at radius 1 is 1.18 bits per heavy atom. The van der Waals surface area contributed by atoms with Crippen LogP contribution in [0.5, 0.6) is 0 Å². The Hall–Kier alpha value is -1.26. The number of hydrogen-bond donors (Lipinski definition) is 1. The average molecular weight is 230 g/mol. The van der Waals surface area contributed by atoms with Gasteiger partial charge in [0, 0.05) is 5.56 Å². The molecule has 0 unspecified atom stereocenters. The van der Waals surface area contributed by atoms with Crippen molar-refractivity contribution in [2.75, 3.05) is 0 Å². The number of benzene rings is 1. The van der Waals surface area contributed by atoms with Crippen molar-refractivity contribution >= 4 is 0 Å². The third kappa shape index (κ3) is 5.06. The van der Waals surface area contributed by atoms with E-state index in [0.29, 0.717) is 5.92 Å². The van der Waals surface area contributed by atoms with Crippen molar-refractivity contribution in [3.8, 4) is 11.8 Å². The molecule has 0 aliphatic rings. The van der Waals surface area contributed by atoms with Gasteiger partial charge >= 0.3 is 0 Å². The molecule has 0 heterocycles. The summed E-state index contributed by atoms with van der Waals surface area (Å²) in [6.07, 6.45) is 3.91. The molecule has 0 bridgehead atoms. The maximum Gasteiger partial charge on any atom is 0.117 e. The van der Waals surface area contributed by atoms with Gasteiger partial charge in [0.2, 0.25) is 0 Å². The molecule has 1 rings (SSSR count). The summed E-state index contributed by atoms with van der Waals surface area (Å²) in [7, 11) is 0. The average Bonchev–Trinajstić information content (AvgIpc) is 2.38. The Morgan fingerprint density at radius 3 is 2.47 bits per heavy atom. The first-order valence-electron chi connectivity index (χ1n) is 6.52. The minimum absolute atomic E-state index is 0.311. The van der Waals surface area contributed by atoms with E-state index in [9.17, 15) is 5.11 Å². The van der Waals surface area contributed by atoms with E-state index in [1.54, 1.807) is 0 Å². The zero-order valence-corrected chi connectivity index (χ0v) is 10.8. The van der Waals surface area contributed by atoms with Gasteiger partial charge in [-0.25, -0.2) is 0 Å². The molecule has 0 saturated carbocycles. The molecule has 0 aliphatic heterocycles. The zero-order valence-electron chi connectivity index (χ0n) is 10.8. The van der Waals surface area contributed by atoms with Crippen molar-refractivity contribution in [1.29, 1.82) is 0 Å². The van der Waals surface area contributed by atoms with Gasteiger partial charge in [0.1, 0.15) is 6.10 Å². The standard InChI is InChI=1S/C16H22O/c1-3-5-11-15(4-2)16(17)13-12-14-9-7-6-8-10-14/h6-10,15-17H,3-5,11H2,1-2H3/t15-,16-/m1/s1. The van der Waals surface area contributed by atoms with Crippen LogP contribution in [0.4, 0.5) is 0 Å². The summed E-state index contributed by atoms with van der Waals surface area (Å²) in [6.45, 7) is 4.29. The molecular weight excluding hydrogens is 208 g/mol. The van der Waals surface area contributed by atoms with E-state index in [0.717, 1.165) is 18.4 Å². The molecule has 1 nitrogen and oxygen atoms in total. The zero-order chi connectivity index (χ0) is 12.5. The van der Waals surface area contributed by atoms with Crippen LogP contribution in [0, 0.1) is 17.8 Å². The van der Waals surface area contributed by atoms with E-state index < -0.39 is 6.10 Å². The Balaban J connectivity index is 2.58. The topological polar surface area (TPSA) is 20.2 Å². The number of aliphatic hydroxyl groups is 1. The highest BCUT2D eigenvalue weighted by Gasteiger charge is 2.13. The molecule has 0 radical (unpaired) electrons. The van der Waals surface area contributed by atoms with Gasteiger partial charge in [0.15, 0.2) is 0 Å². The van der Waals surface area contributed by atoms with Gasteiger partial charge in [-0.15, -0.1) is 0 Å². The lowest BCUT2D eigenvalue weighted by molar-refractivity contribution is 0.150. The molecule has 0 spiro atoms. The maximum absolute atomic E-state index is 10.0. The third-order valence-electron chi connectivity index (χ3n) is 3.04. The van der Waals surface area contributed by atoms with Crippen LogP contribution in [0.1, 0.15) is 45.1 Å². The molecule has 0 amide bonds. The molecule has 0 saturated heterocycles. The van der Waals surface area contributed by atoms with Crippen molar-refractivity contribution < 1.29 is 5.11 Å². The number of aliphatic hydroxyl groups excluding tert-OH is 1. The fourth-order valence-electron chi connectivity index (χ4n) is 1.85. The second-order valence-corrected chi connectivity index (χ2v) is 4.39. The Kier molecular flexibility index (Phi) is 6.43. The van der Waals surface area contributed by atoms with Crippen molar-refractivity contribution in [2.24, 2.45) is 5.92 Å². The molecule has 17 heavy (non-hydrogen) atoms. The molecule has 0 fully saturated rings. The lowest BCUT2D eigenvalue weighted by Gasteiger charge is -2.16. The van der Waals surface area contributed by atoms with E-state index >= 15 is 0 Å². The number of hydrogen-bond acceptors (Lipinski definition) is 1. The predicted molar refractivity (Wildman–Crippen MR) is 72.6 cm³/mol. The lowest BCUT2D eigenvalue weighted by atomic mass is 9.93. The molecule has 1 aromatic rings. The van der Waals surface area contributed by atoms with Crippen LogP contribution in [-0.2, 0) is 0 Å². The van der Waals surface area contributed by atoms with Crippen LogP contribution >= 0.6 is 0 Å². The largest absolute Gasteiger partial charge is 0.380 e. The quantitative estimate of drug-likeness (QED) is 0.766. The third-order valence-corrected chi connectivity index (χ3v) is 3.04. The van der Waals surface area contributed by atoms with E-state index in [1.807, 2.05) is 30.3 Å². The summed E-state index contributed by atoms with van der Waals surface area (Å²) in [6, 6.07) is 9.83. The lowest BCUT2D eigenvalue weighted by Crippen LogP contribution is -2.17. The fraction of sp³-hybridized carbons (Fsp3) is 0.500. The van der Waals surface area contributed by atoms with Crippen molar-refractivity contribution in [3.05, 3.63) is 35.9 Å². The molecule has 1 aromatic carbocycles. The predicted octanol–water partition coefficient (Wildman–Crippen LogP) is 3.62. The van der Waals surface area contributed by atoms with Gasteiger partial charge in [-0.3, -0.25) is 0 Å². The highest BCUT2D eigenvalue weighted by atomic mass is 16.3. The van der Waals surface area contributed by atoms with E-state index in [1.165, 1.54) is 12.8 Å². The van der Waals surface area contributed by atoms with Crippen LogP contribution in [0.25, 0.3) is 0 Å². The first kappa shape index (κ1) is 13.8. The van der Waals surface area contributed by atoms with Gasteiger partial charge in [0.05, 0.1) is 0 Å². The summed E-state index contributed by atoms with van der Waals surface area (Å²) >= 11 is 0. The SMILES string of the molecule is CCCC[C@@H](CC)[C@H](O)C#Cc1ccccc1. The molecule has 1 N–H and O–H groups in total. The Morgan fingerprint density at radius 2 is 1.88 bits per heavy atom. The van der Waals surface area contributed by atoms with Crippen molar-refractivity contribution in [3.63, 3.8) is 0 Å². The molecular formula is C16H22O. The van der Waals surface area contributed by atoms with Gasteiger partial charge in [-0.2, -0.15) is 0 Å². The van der Waals surface area contributed by atoms with Crippen LogP contribution in [-0.4, -0.2) is 11.2 Å². The summed E-state index contributed by atoms with van der Waals surface area (Å²) in [5.74, 6) is 6.31. The highest BCUT2D eigenvalue weighted by Crippen LogP contribution is 2.16. The summed E-state index contributed by atoms with van der Waals surface area (Å²) in [5.41, 5.74) is 0.969.